The highest BCUT2D eigenvalue weighted by molar-refractivity contribution is 9.10. The van der Waals surface area contributed by atoms with E-state index < -0.39 is 0 Å². The summed E-state index contributed by atoms with van der Waals surface area (Å²) >= 11 is 3.47. The molecule has 0 saturated carbocycles. The topological polar surface area (TPSA) is 77.1 Å². The lowest BCUT2D eigenvalue weighted by atomic mass is 10.1. The molecule has 0 aliphatic carbocycles. The third-order valence-corrected chi connectivity index (χ3v) is 4.31. The number of nitrogens with zero attached hydrogens (tertiary/aromatic N) is 5. The maximum absolute atomic E-state index is 12.8. The van der Waals surface area contributed by atoms with Crippen molar-refractivity contribution in [2.75, 3.05) is 5.32 Å². The van der Waals surface area contributed by atoms with Gasteiger partial charge in [0.25, 0.3) is 5.91 Å². The first-order valence-electron chi connectivity index (χ1n) is 7.14. The molecule has 0 spiro atoms. The Hall–Kier alpha value is -2.22. The molecule has 0 saturated heterocycles. The van der Waals surface area contributed by atoms with Gasteiger partial charge in [-0.2, -0.15) is 10.2 Å². The minimum Gasteiger partial charge on any atom is -0.316 e. The van der Waals surface area contributed by atoms with Crippen molar-refractivity contribution in [2.24, 2.45) is 0 Å². The highest BCUT2D eigenvalue weighted by Crippen LogP contribution is 2.27. The average molecular weight is 377 g/mol. The number of hydrogen-bond donors (Lipinski definition) is 1. The van der Waals surface area contributed by atoms with E-state index in [2.05, 4.69) is 36.4 Å². The summed E-state index contributed by atoms with van der Waals surface area (Å²) in [5.41, 5.74) is 2.08. The van der Waals surface area contributed by atoms with Crippen LogP contribution in [0.3, 0.4) is 0 Å². The molecule has 0 fully saturated rings. The largest absolute Gasteiger partial charge is 0.316 e. The second-order valence-electron chi connectivity index (χ2n) is 6.23. The van der Waals surface area contributed by atoms with Gasteiger partial charge in [0.1, 0.15) is 11.4 Å². The average Bonchev–Trinajstić information content (AvgIpc) is 3.01. The molecule has 3 aromatic rings. The van der Waals surface area contributed by atoms with E-state index in [1.54, 1.807) is 33.9 Å². The van der Waals surface area contributed by atoms with Gasteiger partial charge < -0.3 is 5.32 Å². The summed E-state index contributed by atoms with van der Waals surface area (Å²) in [6.07, 6.45) is 5.02. The van der Waals surface area contributed by atoms with Gasteiger partial charge in [-0.3, -0.25) is 9.48 Å². The van der Waals surface area contributed by atoms with E-state index in [0.717, 1.165) is 5.69 Å². The number of nitrogens with one attached hydrogen (secondary N) is 1. The molecule has 0 aromatic carbocycles. The Morgan fingerprint density at radius 2 is 2.09 bits per heavy atom. The molecule has 0 unspecified atom stereocenters. The number of halogens is 1. The first-order valence-corrected chi connectivity index (χ1v) is 7.93. The van der Waals surface area contributed by atoms with Crippen molar-refractivity contribution in [2.45, 2.75) is 33.2 Å². The molecule has 0 aliphatic heterocycles. The maximum atomic E-state index is 12.8. The van der Waals surface area contributed by atoms with Gasteiger partial charge in [-0.15, -0.1) is 0 Å². The predicted octanol–water partition coefficient (Wildman–Crippen LogP) is 3.00. The molecule has 3 rings (SSSR count). The van der Waals surface area contributed by atoms with E-state index in [4.69, 9.17) is 0 Å². The summed E-state index contributed by atoms with van der Waals surface area (Å²) in [4.78, 5) is 17.0. The van der Waals surface area contributed by atoms with Crippen molar-refractivity contribution in [3.05, 3.63) is 40.5 Å². The van der Waals surface area contributed by atoms with E-state index in [1.807, 2.05) is 27.7 Å². The van der Waals surface area contributed by atoms with Crippen LogP contribution in [0.1, 0.15) is 37.0 Å². The fourth-order valence-electron chi connectivity index (χ4n) is 2.29. The summed E-state index contributed by atoms with van der Waals surface area (Å²) in [5, 5.41) is 11.5. The van der Waals surface area contributed by atoms with Crippen LogP contribution in [0.4, 0.5) is 5.69 Å². The Kier molecular flexibility index (Phi) is 3.71. The van der Waals surface area contributed by atoms with Gasteiger partial charge in [0, 0.05) is 12.4 Å². The lowest BCUT2D eigenvalue weighted by molar-refractivity contribution is 0.100. The van der Waals surface area contributed by atoms with Crippen molar-refractivity contribution in [1.29, 1.82) is 0 Å². The maximum Gasteiger partial charge on any atom is 0.275 e. The third-order valence-electron chi connectivity index (χ3n) is 3.37. The van der Waals surface area contributed by atoms with Crippen LogP contribution >= 0.6 is 15.9 Å². The fourth-order valence-corrected chi connectivity index (χ4v) is 2.71. The number of carbonyl (C=O) groups is 1. The Morgan fingerprint density at radius 3 is 2.78 bits per heavy atom. The summed E-state index contributed by atoms with van der Waals surface area (Å²) < 4.78 is 4.02. The van der Waals surface area contributed by atoms with Gasteiger partial charge in [0.15, 0.2) is 5.65 Å². The second-order valence-corrected chi connectivity index (χ2v) is 7.02. The van der Waals surface area contributed by atoms with E-state index in [-0.39, 0.29) is 11.4 Å². The van der Waals surface area contributed by atoms with Gasteiger partial charge in [0.05, 0.1) is 21.9 Å². The molecule has 1 amide bonds. The molecular weight excluding hydrogens is 360 g/mol. The van der Waals surface area contributed by atoms with Gasteiger partial charge in [-0.1, -0.05) is 0 Å². The Bertz CT molecular complexity index is 889. The van der Waals surface area contributed by atoms with Crippen molar-refractivity contribution in [1.82, 2.24) is 24.4 Å². The molecule has 3 aromatic heterocycles. The minimum atomic E-state index is -0.317. The smallest absolute Gasteiger partial charge is 0.275 e. The number of anilines is 1. The first-order chi connectivity index (χ1) is 10.8. The Morgan fingerprint density at radius 1 is 1.35 bits per heavy atom. The zero-order valence-electron chi connectivity index (χ0n) is 13.3. The van der Waals surface area contributed by atoms with Crippen LogP contribution in [0, 0.1) is 6.92 Å². The second kappa shape index (κ2) is 5.45. The normalized spacial score (nSPS) is 11.9. The number of fused-ring (bicyclic) bond motifs is 1. The van der Waals surface area contributed by atoms with Crippen LogP contribution in [0.25, 0.3) is 5.65 Å². The summed E-state index contributed by atoms with van der Waals surface area (Å²) in [5.74, 6) is -0.257. The SMILES string of the molecule is Cc1nn(C(C)(C)C)c(C(=O)Nc2cnn3cccnc23)c1Br. The summed E-state index contributed by atoms with van der Waals surface area (Å²) in [6, 6.07) is 1.78. The van der Waals surface area contributed by atoms with E-state index in [1.165, 1.54) is 0 Å². The highest BCUT2D eigenvalue weighted by atomic mass is 79.9. The van der Waals surface area contributed by atoms with Gasteiger partial charge in [-0.25, -0.2) is 9.50 Å². The lowest BCUT2D eigenvalue weighted by Crippen LogP contribution is -2.29. The number of hydrogen-bond acceptors (Lipinski definition) is 4. The zero-order chi connectivity index (χ0) is 16.8. The number of aryl methyl sites for hydroxylation is 1. The highest BCUT2D eigenvalue weighted by Gasteiger charge is 2.27. The number of aromatic nitrogens is 5. The Balaban J connectivity index is 2.01. The molecule has 0 atom stereocenters. The number of amides is 1. The van der Waals surface area contributed by atoms with Gasteiger partial charge in [0.2, 0.25) is 0 Å². The van der Waals surface area contributed by atoms with Crippen LogP contribution in [0.5, 0.6) is 0 Å². The number of carbonyl (C=O) groups excluding carboxylic acids is 1. The fraction of sp³-hybridized carbons (Fsp3) is 0.333. The monoisotopic (exact) mass is 376 g/mol. The quantitative estimate of drug-likeness (QED) is 0.745. The predicted molar refractivity (Wildman–Crippen MR) is 90.6 cm³/mol. The van der Waals surface area contributed by atoms with E-state index in [9.17, 15) is 4.79 Å². The molecule has 120 valence electrons. The van der Waals surface area contributed by atoms with Crippen molar-refractivity contribution in [3.8, 4) is 0 Å². The van der Waals surface area contributed by atoms with Crippen LogP contribution in [0.2, 0.25) is 0 Å². The van der Waals surface area contributed by atoms with Crippen LogP contribution in [-0.2, 0) is 5.54 Å². The third kappa shape index (κ3) is 2.74. The van der Waals surface area contributed by atoms with Crippen molar-refractivity contribution >= 4 is 33.2 Å². The zero-order valence-corrected chi connectivity index (χ0v) is 14.9. The standard InChI is InChI=1S/C15H17BrN6O/c1-9-11(16)12(22(20-9)15(2,3)4)14(23)19-10-8-18-21-7-5-6-17-13(10)21/h5-8H,1-4H3,(H,19,23). The first kappa shape index (κ1) is 15.7. The molecule has 0 aliphatic rings. The van der Waals surface area contributed by atoms with Crippen LogP contribution in [0.15, 0.2) is 29.1 Å². The van der Waals surface area contributed by atoms with Gasteiger partial charge >= 0.3 is 0 Å². The van der Waals surface area contributed by atoms with Crippen LogP contribution < -0.4 is 5.32 Å². The van der Waals surface area contributed by atoms with E-state index >= 15 is 0 Å². The molecule has 8 heteroatoms. The van der Waals surface area contributed by atoms with Crippen molar-refractivity contribution in [3.63, 3.8) is 0 Å². The molecular formula is C15H17BrN6O. The molecule has 7 nitrogen and oxygen atoms in total. The molecule has 23 heavy (non-hydrogen) atoms. The summed E-state index contributed by atoms with van der Waals surface area (Å²) in [7, 11) is 0. The van der Waals surface area contributed by atoms with Crippen LogP contribution in [-0.4, -0.2) is 30.3 Å². The number of rotatable bonds is 2. The molecule has 1 N–H and O–H groups in total. The van der Waals surface area contributed by atoms with Crippen molar-refractivity contribution < 1.29 is 4.79 Å². The van der Waals surface area contributed by atoms with Gasteiger partial charge in [-0.05, 0) is 49.7 Å². The lowest BCUT2D eigenvalue weighted by Gasteiger charge is -2.22. The summed E-state index contributed by atoms with van der Waals surface area (Å²) in [6.45, 7) is 7.86. The molecule has 0 bridgehead atoms. The Labute approximate surface area is 141 Å². The molecule has 0 radical (unpaired) electrons. The minimum absolute atomic E-state index is 0.257. The van der Waals surface area contributed by atoms with E-state index in [0.29, 0.717) is 21.5 Å². The molecule has 3 heterocycles.